The van der Waals surface area contributed by atoms with Crippen molar-refractivity contribution in [1.82, 2.24) is 4.98 Å². The summed E-state index contributed by atoms with van der Waals surface area (Å²) in [4.78, 5) is 5.57. The molecule has 1 aromatic heterocycles. The van der Waals surface area contributed by atoms with E-state index in [9.17, 15) is 0 Å². The first-order chi connectivity index (χ1) is 8.95. The monoisotopic (exact) mass is 311 g/mol. The second-order valence-electron chi connectivity index (χ2n) is 4.20. The van der Waals surface area contributed by atoms with Gasteiger partial charge in [-0.15, -0.1) is 11.3 Å². The van der Waals surface area contributed by atoms with E-state index in [0.717, 1.165) is 22.1 Å². The molecule has 2 aromatic rings. The van der Waals surface area contributed by atoms with Crippen LogP contribution in [0.4, 0.5) is 10.8 Å². The molecular formula is C13H14ClN3S2. The predicted molar refractivity (Wildman–Crippen MR) is 87.6 cm³/mol. The highest BCUT2D eigenvalue weighted by molar-refractivity contribution is 7.80. The van der Waals surface area contributed by atoms with Crippen LogP contribution in [-0.2, 0) is 0 Å². The average molecular weight is 312 g/mol. The van der Waals surface area contributed by atoms with Crippen LogP contribution < -0.4 is 10.6 Å². The topological polar surface area (TPSA) is 37.0 Å². The van der Waals surface area contributed by atoms with Gasteiger partial charge in [0, 0.05) is 15.6 Å². The Labute approximate surface area is 127 Å². The molecule has 0 saturated carbocycles. The van der Waals surface area contributed by atoms with E-state index in [4.69, 9.17) is 23.8 Å². The molecule has 6 heteroatoms. The molecule has 0 spiro atoms. The predicted octanol–water partition coefficient (Wildman–Crippen LogP) is 4.53. The normalized spacial score (nSPS) is 10.3. The number of benzene rings is 1. The maximum atomic E-state index is 5.97. The van der Waals surface area contributed by atoms with Crippen molar-refractivity contribution in [1.29, 1.82) is 0 Å². The van der Waals surface area contributed by atoms with Crippen molar-refractivity contribution in [2.24, 2.45) is 0 Å². The first-order valence-corrected chi connectivity index (χ1v) is 7.34. The standard InChI is InChI=1S/C13H14ClN3S2/c1-7-4-5-10(14)6-11(7)16-12(18)17-13-15-8(2)9(3)19-13/h4-6H,1-3H3,(H2,15,16,17,18). The van der Waals surface area contributed by atoms with Gasteiger partial charge in [0.1, 0.15) is 0 Å². The number of thiocarbonyl (C=S) groups is 1. The molecule has 100 valence electrons. The number of thiazole rings is 1. The zero-order valence-electron chi connectivity index (χ0n) is 10.9. The second-order valence-corrected chi connectivity index (χ2v) is 6.25. The Hall–Kier alpha value is -1.17. The van der Waals surface area contributed by atoms with Crippen LogP contribution in [0.3, 0.4) is 0 Å². The molecule has 0 fully saturated rings. The third-order valence-electron chi connectivity index (χ3n) is 2.70. The van der Waals surface area contributed by atoms with Gasteiger partial charge in [0.05, 0.1) is 5.69 Å². The average Bonchev–Trinajstić information content (AvgIpc) is 2.63. The molecule has 2 N–H and O–H groups in total. The Balaban J connectivity index is 2.07. The number of rotatable bonds is 2. The number of aryl methyl sites for hydroxylation is 3. The minimum atomic E-state index is 0.513. The second kappa shape index (κ2) is 5.86. The van der Waals surface area contributed by atoms with Gasteiger partial charge in [-0.05, 0) is 50.7 Å². The molecule has 19 heavy (non-hydrogen) atoms. The van der Waals surface area contributed by atoms with Gasteiger partial charge >= 0.3 is 0 Å². The molecule has 2 rings (SSSR count). The molecule has 0 saturated heterocycles. The molecule has 0 aliphatic carbocycles. The highest BCUT2D eigenvalue weighted by Gasteiger charge is 2.06. The molecule has 0 aliphatic rings. The molecule has 0 radical (unpaired) electrons. The van der Waals surface area contributed by atoms with E-state index in [1.165, 1.54) is 4.88 Å². The first-order valence-electron chi connectivity index (χ1n) is 5.74. The Bertz CT molecular complexity index is 603. The van der Waals surface area contributed by atoms with E-state index in [1.54, 1.807) is 11.3 Å². The van der Waals surface area contributed by atoms with Crippen LogP contribution in [0.15, 0.2) is 18.2 Å². The number of anilines is 2. The number of halogens is 1. The summed E-state index contributed by atoms with van der Waals surface area (Å²) in [6, 6.07) is 5.65. The van der Waals surface area contributed by atoms with Crippen molar-refractivity contribution >= 4 is 51.1 Å². The van der Waals surface area contributed by atoms with Gasteiger partial charge in [0.15, 0.2) is 10.2 Å². The maximum Gasteiger partial charge on any atom is 0.189 e. The maximum absolute atomic E-state index is 5.97. The van der Waals surface area contributed by atoms with Gasteiger partial charge in [0.2, 0.25) is 0 Å². The number of nitrogens with one attached hydrogen (secondary N) is 2. The van der Waals surface area contributed by atoms with Crippen molar-refractivity contribution in [3.05, 3.63) is 39.4 Å². The largest absolute Gasteiger partial charge is 0.332 e. The van der Waals surface area contributed by atoms with Crippen molar-refractivity contribution in [3.63, 3.8) is 0 Å². The van der Waals surface area contributed by atoms with Crippen LogP contribution in [0, 0.1) is 20.8 Å². The van der Waals surface area contributed by atoms with Crippen LogP contribution >= 0.6 is 35.2 Å². The molecule has 1 aromatic carbocycles. The Kier molecular flexibility index (Phi) is 4.39. The summed E-state index contributed by atoms with van der Waals surface area (Å²) < 4.78 is 0. The fourth-order valence-electron chi connectivity index (χ4n) is 1.51. The molecule has 0 amide bonds. The van der Waals surface area contributed by atoms with Crippen molar-refractivity contribution in [2.45, 2.75) is 20.8 Å². The van der Waals surface area contributed by atoms with Gasteiger partial charge in [-0.2, -0.15) is 0 Å². The van der Waals surface area contributed by atoms with Crippen LogP contribution in [-0.4, -0.2) is 10.1 Å². The molecule has 1 heterocycles. The van der Waals surface area contributed by atoms with E-state index in [-0.39, 0.29) is 0 Å². The molecule has 0 aliphatic heterocycles. The summed E-state index contributed by atoms with van der Waals surface area (Å²) in [6.07, 6.45) is 0. The van der Waals surface area contributed by atoms with Gasteiger partial charge in [-0.3, -0.25) is 0 Å². The summed E-state index contributed by atoms with van der Waals surface area (Å²) in [5.74, 6) is 0. The lowest BCUT2D eigenvalue weighted by molar-refractivity contribution is 1.23. The van der Waals surface area contributed by atoms with Gasteiger partial charge in [-0.1, -0.05) is 17.7 Å². The Morgan fingerprint density at radius 1 is 1.26 bits per heavy atom. The van der Waals surface area contributed by atoms with Crippen LogP contribution in [0.1, 0.15) is 16.1 Å². The zero-order chi connectivity index (χ0) is 14.0. The van der Waals surface area contributed by atoms with Crippen LogP contribution in [0.2, 0.25) is 5.02 Å². The van der Waals surface area contributed by atoms with Crippen LogP contribution in [0.5, 0.6) is 0 Å². The highest BCUT2D eigenvalue weighted by Crippen LogP contribution is 2.23. The summed E-state index contributed by atoms with van der Waals surface area (Å²) in [5.41, 5.74) is 3.00. The van der Waals surface area contributed by atoms with Crippen molar-refractivity contribution in [3.8, 4) is 0 Å². The highest BCUT2D eigenvalue weighted by atomic mass is 35.5. The number of nitrogens with zero attached hydrogens (tertiary/aromatic N) is 1. The van der Waals surface area contributed by atoms with E-state index < -0.39 is 0 Å². The number of aromatic nitrogens is 1. The molecule has 0 atom stereocenters. The lowest BCUT2D eigenvalue weighted by atomic mass is 10.2. The number of hydrogen-bond acceptors (Lipinski definition) is 3. The zero-order valence-corrected chi connectivity index (χ0v) is 13.3. The van der Waals surface area contributed by atoms with Crippen molar-refractivity contribution in [2.75, 3.05) is 10.6 Å². The summed E-state index contributed by atoms with van der Waals surface area (Å²) in [5, 5.41) is 8.20. The van der Waals surface area contributed by atoms with Gasteiger partial charge in [-0.25, -0.2) is 4.98 Å². The minimum Gasteiger partial charge on any atom is -0.332 e. The lowest BCUT2D eigenvalue weighted by Crippen LogP contribution is -2.19. The minimum absolute atomic E-state index is 0.513. The van der Waals surface area contributed by atoms with Gasteiger partial charge < -0.3 is 10.6 Å². The SMILES string of the molecule is Cc1ccc(Cl)cc1NC(=S)Nc1nc(C)c(C)s1. The third kappa shape index (κ3) is 3.65. The van der Waals surface area contributed by atoms with E-state index in [1.807, 2.05) is 39.0 Å². The fraction of sp³-hybridized carbons (Fsp3) is 0.231. The number of hydrogen-bond donors (Lipinski definition) is 2. The van der Waals surface area contributed by atoms with E-state index >= 15 is 0 Å². The fourth-order valence-corrected chi connectivity index (χ4v) is 2.77. The summed E-state index contributed by atoms with van der Waals surface area (Å²) in [6.45, 7) is 6.02. The summed E-state index contributed by atoms with van der Waals surface area (Å²) in [7, 11) is 0. The Morgan fingerprint density at radius 2 is 2.00 bits per heavy atom. The van der Waals surface area contributed by atoms with E-state index in [2.05, 4.69) is 15.6 Å². The Morgan fingerprint density at radius 3 is 2.63 bits per heavy atom. The van der Waals surface area contributed by atoms with Crippen LogP contribution in [0.25, 0.3) is 0 Å². The van der Waals surface area contributed by atoms with E-state index in [0.29, 0.717) is 10.1 Å². The van der Waals surface area contributed by atoms with Gasteiger partial charge in [0.25, 0.3) is 0 Å². The molecular weight excluding hydrogens is 298 g/mol. The quantitative estimate of drug-likeness (QED) is 0.799. The first kappa shape index (κ1) is 14.2. The third-order valence-corrected chi connectivity index (χ3v) is 4.12. The molecule has 0 bridgehead atoms. The summed E-state index contributed by atoms with van der Waals surface area (Å²) >= 11 is 12.8. The lowest BCUT2D eigenvalue weighted by Gasteiger charge is -2.11. The smallest absolute Gasteiger partial charge is 0.189 e. The molecule has 0 unspecified atom stereocenters. The van der Waals surface area contributed by atoms with Crippen molar-refractivity contribution < 1.29 is 0 Å². The molecule has 3 nitrogen and oxygen atoms in total.